The van der Waals surface area contributed by atoms with Gasteiger partial charge in [-0.1, -0.05) is 34.6 Å². The first-order valence-electron chi connectivity index (χ1n) is 14.8. The molecule has 5 aliphatic rings. The van der Waals surface area contributed by atoms with Crippen molar-refractivity contribution in [3.05, 3.63) is 24.2 Å². The van der Waals surface area contributed by atoms with E-state index in [-0.39, 0.29) is 29.5 Å². The Hall–Kier alpha value is -2.68. The Morgan fingerprint density at radius 3 is 2.05 bits per heavy atom. The monoisotopic (exact) mass is 570 g/mol. The summed E-state index contributed by atoms with van der Waals surface area (Å²) < 4.78 is 30.2. The highest BCUT2D eigenvalue weighted by molar-refractivity contribution is 5.98. The predicted octanol–water partition coefficient (Wildman–Crippen LogP) is 4.76. The largest absolute Gasteiger partial charge is 0.472 e. The van der Waals surface area contributed by atoms with Crippen molar-refractivity contribution in [1.82, 2.24) is 0 Å². The maximum Gasteiger partial charge on any atom is 0.302 e. The molecule has 6 rings (SSSR count). The van der Waals surface area contributed by atoms with E-state index >= 15 is 0 Å². The number of ether oxygens (including phenoxy) is 4. The third-order valence-corrected chi connectivity index (χ3v) is 12.4. The van der Waals surface area contributed by atoms with Gasteiger partial charge in [-0.15, -0.1) is 0 Å². The van der Waals surface area contributed by atoms with E-state index in [0.717, 1.165) is 12.0 Å². The second-order valence-corrected chi connectivity index (χ2v) is 14.4. The molecule has 1 aliphatic heterocycles. The zero-order valence-electron chi connectivity index (χ0n) is 25.3. The van der Waals surface area contributed by atoms with E-state index < -0.39 is 63.6 Å². The smallest absolute Gasteiger partial charge is 0.302 e. The van der Waals surface area contributed by atoms with Crippen LogP contribution in [0.4, 0.5) is 0 Å². The van der Waals surface area contributed by atoms with E-state index in [1.165, 1.54) is 20.8 Å². The number of ketones is 1. The maximum atomic E-state index is 14.0. The van der Waals surface area contributed by atoms with E-state index in [9.17, 15) is 19.2 Å². The van der Waals surface area contributed by atoms with Crippen molar-refractivity contribution in [2.75, 3.05) is 0 Å². The van der Waals surface area contributed by atoms with E-state index in [4.69, 9.17) is 23.4 Å². The highest BCUT2D eigenvalue weighted by Crippen LogP contribution is 2.82. The number of hydrogen-bond donors (Lipinski definition) is 0. The summed E-state index contributed by atoms with van der Waals surface area (Å²) in [6.07, 6.45) is 3.32. The second kappa shape index (κ2) is 8.68. The van der Waals surface area contributed by atoms with Crippen LogP contribution in [0, 0.1) is 33.5 Å². The molecule has 0 amide bonds. The molecule has 11 atom stereocenters. The molecule has 1 aromatic heterocycles. The van der Waals surface area contributed by atoms with E-state index in [1.807, 2.05) is 6.07 Å². The summed E-state index contributed by atoms with van der Waals surface area (Å²) in [5, 5.41) is 0. The van der Waals surface area contributed by atoms with Crippen LogP contribution < -0.4 is 0 Å². The molecule has 224 valence electrons. The van der Waals surface area contributed by atoms with Gasteiger partial charge in [-0.05, 0) is 37.2 Å². The Morgan fingerprint density at radius 2 is 1.46 bits per heavy atom. The second-order valence-electron chi connectivity index (χ2n) is 14.4. The Morgan fingerprint density at radius 1 is 0.854 bits per heavy atom. The summed E-state index contributed by atoms with van der Waals surface area (Å²) in [6.45, 7) is 14.9. The lowest BCUT2D eigenvalue weighted by Crippen LogP contribution is -2.74. The molecule has 5 fully saturated rings. The van der Waals surface area contributed by atoms with Crippen LogP contribution in [0.3, 0.4) is 0 Å². The molecular formula is C32H42O9. The fraction of sp³-hybridized carbons (Fsp3) is 0.750. The first-order valence-corrected chi connectivity index (χ1v) is 14.8. The van der Waals surface area contributed by atoms with Crippen molar-refractivity contribution in [3.63, 3.8) is 0 Å². The first kappa shape index (κ1) is 28.4. The molecular weight excluding hydrogens is 528 g/mol. The lowest BCUT2D eigenvalue weighted by Gasteiger charge is -2.70. The number of carbonyl (C=O) groups excluding carboxylic acids is 4. The molecule has 9 nitrogen and oxygen atoms in total. The van der Waals surface area contributed by atoms with Gasteiger partial charge in [0.25, 0.3) is 0 Å². The van der Waals surface area contributed by atoms with Crippen LogP contribution >= 0.6 is 0 Å². The van der Waals surface area contributed by atoms with Crippen LogP contribution in [0.15, 0.2) is 23.0 Å². The number of furan rings is 1. The predicted molar refractivity (Wildman–Crippen MR) is 144 cm³/mol. The average Bonchev–Trinajstić information content (AvgIpc) is 3.34. The Kier molecular flexibility index (Phi) is 6.02. The zero-order valence-corrected chi connectivity index (χ0v) is 25.3. The van der Waals surface area contributed by atoms with Crippen molar-refractivity contribution >= 4 is 23.7 Å². The number of carbonyl (C=O) groups is 4. The van der Waals surface area contributed by atoms with Gasteiger partial charge in [0, 0.05) is 54.4 Å². The lowest BCUT2D eigenvalue weighted by molar-refractivity contribution is -0.289. The van der Waals surface area contributed by atoms with Gasteiger partial charge < -0.3 is 23.4 Å². The van der Waals surface area contributed by atoms with Crippen molar-refractivity contribution < 1.29 is 42.5 Å². The highest BCUT2D eigenvalue weighted by Gasteiger charge is 2.90. The first-order chi connectivity index (χ1) is 19.1. The minimum atomic E-state index is -0.853. The molecule has 1 aromatic rings. The van der Waals surface area contributed by atoms with Gasteiger partial charge in [-0.25, -0.2) is 0 Å². The summed E-state index contributed by atoms with van der Waals surface area (Å²) in [5.74, 6) is -1.76. The zero-order chi connectivity index (χ0) is 29.9. The topological polar surface area (TPSA) is 122 Å². The Balaban J connectivity index is 1.53. The molecule has 0 bridgehead atoms. The number of Topliss-reactive ketones (excluding diaryl/α,β-unsaturated/α-hetero) is 1. The molecule has 4 aliphatic carbocycles. The fourth-order valence-electron chi connectivity index (χ4n) is 10.9. The van der Waals surface area contributed by atoms with Crippen LogP contribution in [0.2, 0.25) is 0 Å². The molecule has 4 saturated carbocycles. The average molecular weight is 571 g/mol. The van der Waals surface area contributed by atoms with E-state index in [0.29, 0.717) is 19.3 Å². The summed E-state index contributed by atoms with van der Waals surface area (Å²) in [4.78, 5) is 51.3. The van der Waals surface area contributed by atoms with Crippen LogP contribution in [0.1, 0.15) is 92.6 Å². The summed E-state index contributed by atoms with van der Waals surface area (Å²) in [6, 6.07) is 1.86. The molecule has 1 unspecified atom stereocenters. The number of esters is 3. The van der Waals surface area contributed by atoms with Crippen LogP contribution in [-0.4, -0.2) is 53.7 Å². The van der Waals surface area contributed by atoms with Gasteiger partial charge in [0.2, 0.25) is 0 Å². The number of epoxide rings is 1. The molecule has 1 saturated heterocycles. The summed E-state index contributed by atoms with van der Waals surface area (Å²) >= 11 is 0. The van der Waals surface area contributed by atoms with Crippen molar-refractivity contribution in [2.45, 2.75) is 117 Å². The van der Waals surface area contributed by atoms with Crippen molar-refractivity contribution in [3.8, 4) is 0 Å². The number of hydrogen-bond acceptors (Lipinski definition) is 9. The van der Waals surface area contributed by atoms with Gasteiger partial charge in [-0.3, -0.25) is 19.2 Å². The van der Waals surface area contributed by atoms with Crippen LogP contribution in [0.5, 0.6) is 0 Å². The van der Waals surface area contributed by atoms with Crippen molar-refractivity contribution in [2.24, 2.45) is 33.5 Å². The highest BCUT2D eigenvalue weighted by atomic mass is 16.6. The molecule has 0 radical (unpaired) electrons. The minimum absolute atomic E-state index is 0.0417. The third kappa shape index (κ3) is 3.38. The normalized spacial score (nSPS) is 47.2. The maximum absolute atomic E-state index is 14.0. The molecule has 0 aromatic carbocycles. The third-order valence-electron chi connectivity index (χ3n) is 12.4. The standard InChI is InChI=1S/C32H42O9/c1-16(33)38-22-14-23(39-17(2)34)30(7)20-9-11-29(6)25(19-10-12-37-15-19)26(36)27-32(29,41-27)31(20,8)24(40-18(3)35)13-21(30)28(22,4)5/h10,12,15,20-25,27H,9,11,13-14H2,1-8H3/t20?,21-,22+,23-,24-,25+,27+,29+,30-,31-,32-/m0/s1. The Bertz CT molecular complexity index is 1300. The Labute approximate surface area is 241 Å². The fourth-order valence-corrected chi connectivity index (χ4v) is 10.9. The van der Waals surface area contributed by atoms with Gasteiger partial charge in [-0.2, -0.15) is 0 Å². The van der Waals surface area contributed by atoms with E-state index in [1.54, 1.807) is 12.5 Å². The number of fused-ring (bicyclic) bond motifs is 3. The van der Waals surface area contributed by atoms with Gasteiger partial charge in [0.05, 0.1) is 18.4 Å². The summed E-state index contributed by atoms with van der Waals surface area (Å²) in [7, 11) is 0. The number of rotatable bonds is 4. The summed E-state index contributed by atoms with van der Waals surface area (Å²) in [5.41, 5.74) is -2.39. The SMILES string of the molecule is CC(=O)O[C@H]1C[C@@H](OC(C)=O)C(C)(C)[C@@H]2C[C@H](OC(C)=O)[C@]3(C)C(CC[C@]4(C)[C@H](c5ccoc5)C(=O)[C@H]5O[C@]534)[C@]12C. The van der Waals surface area contributed by atoms with Gasteiger partial charge in [0.1, 0.15) is 30.0 Å². The molecule has 1 spiro atoms. The molecule has 9 heteroatoms. The quantitative estimate of drug-likeness (QED) is 0.287. The van der Waals surface area contributed by atoms with E-state index in [2.05, 4.69) is 34.6 Å². The molecule has 2 heterocycles. The van der Waals surface area contributed by atoms with Gasteiger partial charge in [0.15, 0.2) is 5.78 Å². The minimum Gasteiger partial charge on any atom is -0.472 e. The van der Waals surface area contributed by atoms with Crippen LogP contribution in [0.25, 0.3) is 0 Å². The molecule has 41 heavy (non-hydrogen) atoms. The lowest BCUT2D eigenvalue weighted by atomic mass is 9.35. The molecule has 0 N–H and O–H groups in total. The van der Waals surface area contributed by atoms with Crippen LogP contribution in [-0.2, 0) is 38.1 Å². The van der Waals surface area contributed by atoms with Crippen molar-refractivity contribution in [1.29, 1.82) is 0 Å². The van der Waals surface area contributed by atoms with Gasteiger partial charge >= 0.3 is 17.9 Å².